The van der Waals surface area contributed by atoms with Gasteiger partial charge < -0.3 is 5.32 Å². The van der Waals surface area contributed by atoms with E-state index in [-0.39, 0.29) is 5.82 Å². The minimum atomic E-state index is -4.41. The molecule has 0 aliphatic rings. The third-order valence-electron chi connectivity index (χ3n) is 3.21. The van der Waals surface area contributed by atoms with Crippen molar-refractivity contribution in [3.05, 3.63) is 48.0 Å². The molecule has 3 aromatic rings. The number of nitrogens with one attached hydrogen (secondary N) is 1. The summed E-state index contributed by atoms with van der Waals surface area (Å²) in [4.78, 5) is 16.6. The van der Waals surface area contributed by atoms with Crippen molar-refractivity contribution >= 4 is 22.7 Å². The molecule has 0 bridgehead atoms. The summed E-state index contributed by atoms with van der Waals surface area (Å²) >= 11 is 0. The predicted molar refractivity (Wildman–Crippen MR) is 90.6 cm³/mol. The monoisotopic (exact) mass is 349 g/mol. The highest BCUT2D eigenvalue weighted by Gasteiger charge is 2.30. The molecule has 0 aliphatic carbocycles. The number of anilines is 2. The van der Waals surface area contributed by atoms with Crippen molar-refractivity contribution in [2.24, 2.45) is 0 Å². The van der Waals surface area contributed by atoms with Crippen LogP contribution in [0.25, 0.3) is 11.2 Å². The number of halogens is 3. The summed E-state index contributed by atoms with van der Waals surface area (Å²) in [5, 5.41) is 2.94. The van der Waals surface area contributed by atoms with Crippen molar-refractivity contribution in [3.63, 3.8) is 0 Å². The Morgan fingerprint density at radius 1 is 1.00 bits per heavy atom. The topological polar surface area (TPSA) is 63.6 Å². The van der Waals surface area contributed by atoms with Crippen molar-refractivity contribution < 1.29 is 13.2 Å². The summed E-state index contributed by atoms with van der Waals surface area (Å²) in [6, 6.07) is 3.91. The second kappa shape index (κ2) is 7.87. The molecule has 0 aliphatic heterocycles. The Hall–Kier alpha value is -2.77. The number of alkyl halides is 3. The van der Waals surface area contributed by atoms with Gasteiger partial charge in [0.15, 0.2) is 5.65 Å². The average Bonchev–Trinajstić information content (AvgIpc) is 2.63. The van der Waals surface area contributed by atoms with E-state index in [2.05, 4.69) is 25.3 Å². The zero-order chi connectivity index (χ0) is 18.4. The van der Waals surface area contributed by atoms with Crippen LogP contribution in [-0.4, -0.2) is 19.9 Å². The summed E-state index contributed by atoms with van der Waals surface area (Å²) in [6.45, 7) is 5.96. The number of rotatable bonds is 3. The fraction of sp³-hybridized carbons (Fsp3) is 0.294. The predicted octanol–water partition coefficient (Wildman–Crippen LogP) is 4.77. The molecule has 0 atom stereocenters. The second-order valence-corrected chi connectivity index (χ2v) is 4.80. The molecule has 25 heavy (non-hydrogen) atoms. The maximum absolute atomic E-state index is 12.5. The van der Waals surface area contributed by atoms with E-state index in [1.807, 2.05) is 20.8 Å². The van der Waals surface area contributed by atoms with Gasteiger partial charge in [0, 0.05) is 18.6 Å². The lowest BCUT2D eigenvalue weighted by Gasteiger charge is -2.10. The molecule has 0 saturated carbocycles. The van der Waals surface area contributed by atoms with Crippen LogP contribution in [0.4, 0.5) is 24.7 Å². The van der Waals surface area contributed by atoms with Gasteiger partial charge in [0.1, 0.15) is 11.3 Å². The molecule has 0 unspecified atom stereocenters. The molecule has 3 aromatic heterocycles. The molecular formula is C17H18F3N5. The highest BCUT2D eigenvalue weighted by atomic mass is 19.4. The molecule has 0 spiro atoms. The van der Waals surface area contributed by atoms with Gasteiger partial charge in [-0.1, -0.05) is 20.8 Å². The van der Waals surface area contributed by atoms with Crippen molar-refractivity contribution in [1.29, 1.82) is 0 Å². The highest BCUT2D eigenvalue weighted by Crippen LogP contribution is 2.29. The van der Waals surface area contributed by atoms with E-state index in [9.17, 15) is 13.2 Å². The van der Waals surface area contributed by atoms with Gasteiger partial charge in [-0.25, -0.2) is 19.9 Å². The summed E-state index contributed by atoms with van der Waals surface area (Å²) in [5.74, 6) is 0.284. The van der Waals surface area contributed by atoms with E-state index < -0.39 is 11.7 Å². The molecular weight excluding hydrogens is 331 g/mol. The summed E-state index contributed by atoms with van der Waals surface area (Å²) < 4.78 is 37.6. The Kier molecular flexibility index (Phi) is 5.84. The molecule has 8 heteroatoms. The first kappa shape index (κ1) is 18.6. The van der Waals surface area contributed by atoms with E-state index in [1.165, 1.54) is 6.07 Å². The third kappa shape index (κ3) is 4.40. The smallest absolute Gasteiger partial charge is 0.338 e. The van der Waals surface area contributed by atoms with Crippen LogP contribution in [-0.2, 0) is 12.6 Å². The first-order chi connectivity index (χ1) is 12.0. The standard InChI is InChI=1S/C15H12F3N5.C2H6/c1-2-10-8-21-13-11(5-6-19-14(13)22-10)23-12-4-3-9(7-20-12)15(16,17)18;1-2/h3-8H,2H2,1H3,(H,19,20,22,23);1-2H3. The Balaban J connectivity index is 0.00000109. The van der Waals surface area contributed by atoms with Crippen LogP contribution in [0.2, 0.25) is 0 Å². The van der Waals surface area contributed by atoms with E-state index >= 15 is 0 Å². The van der Waals surface area contributed by atoms with Gasteiger partial charge in [0.05, 0.1) is 16.9 Å². The number of hydrogen-bond acceptors (Lipinski definition) is 5. The number of fused-ring (bicyclic) bond motifs is 1. The molecule has 0 amide bonds. The van der Waals surface area contributed by atoms with Gasteiger partial charge in [0.2, 0.25) is 0 Å². The maximum atomic E-state index is 12.5. The number of aryl methyl sites for hydroxylation is 1. The largest absolute Gasteiger partial charge is 0.417 e. The number of hydrogen-bond donors (Lipinski definition) is 1. The minimum absolute atomic E-state index is 0.284. The summed E-state index contributed by atoms with van der Waals surface area (Å²) in [6.07, 6.45) is 0.324. The van der Waals surface area contributed by atoms with E-state index in [4.69, 9.17) is 0 Å². The molecule has 5 nitrogen and oxygen atoms in total. The lowest BCUT2D eigenvalue weighted by atomic mass is 10.2. The van der Waals surface area contributed by atoms with Crippen molar-refractivity contribution in [2.45, 2.75) is 33.4 Å². The Morgan fingerprint density at radius 3 is 2.36 bits per heavy atom. The Morgan fingerprint density at radius 2 is 1.76 bits per heavy atom. The maximum Gasteiger partial charge on any atom is 0.417 e. The third-order valence-corrected chi connectivity index (χ3v) is 3.21. The first-order valence-electron chi connectivity index (χ1n) is 7.88. The van der Waals surface area contributed by atoms with Crippen LogP contribution in [0.1, 0.15) is 32.0 Å². The molecule has 0 aromatic carbocycles. The van der Waals surface area contributed by atoms with Crippen LogP contribution in [0.15, 0.2) is 36.8 Å². The van der Waals surface area contributed by atoms with Crippen LogP contribution in [0.3, 0.4) is 0 Å². The van der Waals surface area contributed by atoms with Gasteiger partial charge in [-0.2, -0.15) is 13.2 Å². The number of aromatic nitrogens is 4. The van der Waals surface area contributed by atoms with Crippen LogP contribution in [0.5, 0.6) is 0 Å². The first-order valence-corrected chi connectivity index (χ1v) is 7.88. The van der Waals surface area contributed by atoms with Gasteiger partial charge in [-0.15, -0.1) is 0 Å². The fourth-order valence-electron chi connectivity index (χ4n) is 2.00. The molecule has 3 rings (SSSR count). The van der Waals surface area contributed by atoms with Crippen molar-refractivity contribution in [3.8, 4) is 0 Å². The van der Waals surface area contributed by atoms with E-state index in [1.54, 1.807) is 18.5 Å². The quantitative estimate of drug-likeness (QED) is 0.738. The summed E-state index contributed by atoms with van der Waals surface area (Å²) in [5.41, 5.74) is 1.61. The molecule has 0 fully saturated rings. The zero-order valence-corrected chi connectivity index (χ0v) is 14.1. The molecule has 1 N–H and O–H groups in total. The second-order valence-electron chi connectivity index (χ2n) is 4.80. The van der Waals surface area contributed by atoms with E-state index in [0.717, 1.165) is 24.4 Å². The SMILES string of the molecule is CC.CCc1cnc2c(Nc3ccc(C(F)(F)F)cn3)ccnc2n1. The lowest BCUT2D eigenvalue weighted by molar-refractivity contribution is -0.137. The van der Waals surface area contributed by atoms with Crippen LogP contribution in [0, 0.1) is 0 Å². The molecule has 0 saturated heterocycles. The Bertz CT molecular complexity index is 832. The zero-order valence-electron chi connectivity index (χ0n) is 14.1. The fourth-order valence-corrected chi connectivity index (χ4v) is 2.00. The van der Waals surface area contributed by atoms with Gasteiger partial charge in [-0.05, 0) is 24.6 Å². The highest BCUT2D eigenvalue weighted by molar-refractivity contribution is 5.86. The number of nitrogens with zero attached hydrogens (tertiary/aromatic N) is 4. The molecule has 3 heterocycles. The molecule has 0 radical (unpaired) electrons. The van der Waals surface area contributed by atoms with Gasteiger partial charge >= 0.3 is 6.18 Å². The lowest BCUT2D eigenvalue weighted by Crippen LogP contribution is -2.06. The average molecular weight is 349 g/mol. The minimum Gasteiger partial charge on any atom is -0.338 e. The van der Waals surface area contributed by atoms with E-state index in [0.29, 0.717) is 16.9 Å². The van der Waals surface area contributed by atoms with Crippen LogP contribution >= 0.6 is 0 Å². The van der Waals surface area contributed by atoms with Crippen molar-refractivity contribution in [1.82, 2.24) is 19.9 Å². The number of pyridine rings is 2. The van der Waals surface area contributed by atoms with Gasteiger partial charge in [0.25, 0.3) is 0 Å². The van der Waals surface area contributed by atoms with Crippen molar-refractivity contribution in [2.75, 3.05) is 5.32 Å². The molecule has 132 valence electrons. The Labute approximate surface area is 143 Å². The summed E-state index contributed by atoms with van der Waals surface area (Å²) in [7, 11) is 0. The van der Waals surface area contributed by atoms with Crippen LogP contribution < -0.4 is 5.32 Å². The normalized spacial score (nSPS) is 11.0. The van der Waals surface area contributed by atoms with Gasteiger partial charge in [-0.3, -0.25) is 0 Å².